The topological polar surface area (TPSA) is 60.2 Å². The van der Waals surface area contributed by atoms with E-state index in [1.165, 1.54) is 0 Å². The molecule has 0 N–H and O–H groups in total. The molecule has 0 unspecified atom stereocenters. The fourth-order valence-electron chi connectivity index (χ4n) is 3.24. The molecule has 0 aliphatic heterocycles. The van der Waals surface area contributed by atoms with E-state index < -0.39 is 16.4 Å². The second-order valence-corrected chi connectivity index (χ2v) is 5.35. The summed E-state index contributed by atoms with van der Waals surface area (Å²) in [7, 11) is 0. The first-order valence-electron chi connectivity index (χ1n) is 4.96. The summed E-state index contributed by atoms with van der Waals surface area (Å²) in [5, 5.41) is 11.1. The van der Waals surface area contributed by atoms with E-state index >= 15 is 0 Å². The Hall–Kier alpha value is -0.930. The molecule has 2 aliphatic rings. The molecule has 2 fully saturated rings. The Morgan fingerprint density at radius 2 is 1.86 bits per heavy atom. The molecule has 2 rings (SSSR count). The van der Waals surface area contributed by atoms with E-state index in [2.05, 4.69) is 0 Å². The van der Waals surface area contributed by atoms with Crippen molar-refractivity contribution < 1.29 is 9.72 Å². The van der Waals surface area contributed by atoms with Crippen LogP contribution in [0.3, 0.4) is 0 Å². The Kier molecular flexibility index (Phi) is 1.50. The summed E-state index contributed by atoms with van der Waals surface area (Å²) in [4.78, 5) is 22.7. The molecule has 4 nitrogen and oxygen atoms in total. The molecule has 0 heterocycles. The third-order valence-corrected chi connectivity index (χ3v) is 5.00. The maximum absolute atomic E-state index is 11.8. The van der Waals surface area contributed by atoms with Crippen LogP contribution in [0.5, 0.6) is 0 Å². The maximum Gasteiger partial charge on any atom is 0.235 e. The largest absolute Gasteiger partial charge is 0.299 e. The second kappa shape index (κ2) is 2.18. The van der Waals surface area contributed by atoms with E-state index in [-0.39, 0.29) is 17.1 Å². The predicted octanol–water partition coefficient (Wildman–Crippen LogP) is 1.80. The van der Waals surface area contributed by atoms with E-state index in [4.69, 9.17) is 0 Å². The Morgan fingerprint density at radius 1 is 1.29 bits per heavy atom. The molecular formula is C10H15NO3. The van der Waals surface area contributed by atoms with Gasteiger partial charge in [-0.1, -0.05) is 20.8 Å². The molecular weight excluding hydrogens is 182 g/mol. The molecule has 4 heteroatoms. The van der Waals surface area contributed by atoms with Crippen molar-refractivity contribution in [2.75, 3.05) is 0 Å². The van der Waals surface area contributed by atoms with E-state index in [0.29, 0.717) is 12.8 Å². The van der Waals surface area contributed by atoms with Gasteiger partial charge in [0.1, 0.15) is 5.78 Å². The van der Waals surface area contributed by atoms with Crippen LogP contribution in [0.15, 0.2) is 0 Å². The molecule has 0 aromatic carbocycles. The first-order valence-corrected chi connectivity index (χ1v) is 4.96. The number of ketones is 1. The Labute approximate surface area is 82.8 Å². The van der Waals surface area contributed by atoms with Crippen molar-refractivity contribution in [3.63, 3.8) is 0 Å². The van der Waals surface area contributed by atoms with Crippen molar-refractivity contribution in [1.82, 2.24) is 0 Å². The normalized spacial score (nSPS) is 44.4. The summed E-state index contributed by atoms with van der Waals surface area (Å²) in [5.41, 5.74) is -1.96. The first kappa shape index (κ1) is 9.62. The molecule has 0 saturated heterocycles. The summed E-state index contributed by atoms with van der Waals surface area (Å²) in [6.07, 6.45) is 1.35. The summed E-state index contributed by atoms with van der Waals surface area (Å²) < 4.78 is 0. The third-order valence-electron chi connectivity index (χ3n) is 5.00. The minimum Gasteiger partial charge on any atom is -0.299 e. The summed E-state index contributed by atoms with van der Waals surface area (Å²) in [6.45, 7) is 5.62. The zero-order valence-corrected chi connectivity index (χ0v) is 8.79. The molecule has 0 spiro atoms. The van der Waals surface area contributed by atoms with Gasteiger partial charge >= 0.3 is 0 Å². The molecule has 0 aromatic rings. The van der Waals surface area contributed by atoms with Crippen molar-refractivity contribution in [2.45, 2.75) is 45.6 Å². The quantitative estimate of drug-likeness (QED) is 0.475. The van der Waals surface area contributed by atoms with Crippen LogP contribution in [-0.2, 0) is 4.79 Å². The number of nitrogens with zero attached hydrogens (tertiary/aromatic N) is 1. The zero-order chi connectivity index (χ0) is 10.8. The molecule has 0 amide bonds. The van der Waals surface area contributed by atoms with E-state index in [0.717, 1.165) is 0 Å². The van der Waals surface area contributed by atoms with Crippen LogP contribution in [0.4, 0.5) is 0 Å². The Balaban J connectivity index is 2.60. The number of nitro groups is 1. The van der Waals surface area contributed by atoms with Gasteiger partial charge in [0.2, 0.25) is 5.54 Å². The molecule has 14 heavy (non-hydrogen) atoms. The number of fused-ring (bicyclic) bond motifs is 2. The predicted molar refractivity (Wildman–Crippen MR) is 50.5 cm³/mol. The lowest BCUT2D eigenvalue weighted by Gasteiger charge is -2.33. The highest BCUT2D eigenvalue weighted by Crippen LogP contribution is 2.66. The Bertz CT molecular complexity index is 336. The monoisotopic (exact) mass is 197 g/mol. The van der Waals surface area contributed by atoms with Crippen LogP contribution in [0.1, 0.15) is 40.0 Å². The molecule has 2 saturated carbocycles. The van der Waals surface area contributed by atoms with Crippen molar-refractivity contribution in [3.05, 3.63) is 10.1 Å². The molecule has 0 aromatic heterocycles. The van der Waals surface area contributed by atoms with Gasteiger partial charge in [0.25, 0.3) is 0 Å². The summed E-state index contributed by atoms with van der Waals surface area (Å²) in [5.74, 6) is 0.0745. The smallest absolute Gasteiger partial charge is 0.235 e. The van der Waals surface area contributed by atoms with Crippen molar-refractivity contribution in [2.24, 2.45) is 10.8 Å². The lowest BCUT2D eigenvalue weighted by Crippen LogP contribution is -2.46. The standard InChI is InChI=1S/C10H15NO3/c1-8(2)9(3)4-5-10(8,11(13)14)6-7(9)12/h4-6H2,1-3H3/t9-,10-/m1/s1. The number of hydrogen-bond acceptors (Lipinski definition) is 3. The highest BCUT2D eigenvalue weighted by molar-refractivity contribution is 5.90. The van der Waals surface area contributed by atoms with Gasteiger partial charge in [0.05, 0.1) is 6.42 Å². The first-order chi connectivity index (χ1) is 6.28. The van der Waals surface area contributed by atoms with Gasteiger partial charge in [-0.3, -0.25) is 14.9 Å². The van der Waals surface area contributed by atoms with E-state index in [1.807, 2.05) is 20.8 Å². The average molecular weight is 197 g/mol. The van der Waals surface area contributed by atoms with Gasteiger partial charge in [0.15, 0.2) is 0 Å². The number of hydrogen-bond donors (Lipinski definition) is 0. The lowest BCUT2D eigenvalue weighted by atomic mass is 9.69. The molecule has 2 atom stereocenters. The third kappa shape index (κ3) is 0.666. The summed E-state index contributed by atoms with van der Waals surface area (Å²) in [6, 6.07) is 0. The highest BCUT2D eigenvalue weighted by atomic mass is 16.6. The van der Waals surface area contributed by atoms with Crippen LogP contribution in [0.25, 0.3) is 0 Å². The van der Waals surface area contributed by atoms with Gasteiger partial charge < -0.3 is 0 Å². The van der Waals surface area contributed by atoms with Crippen LogP contribution in [0.2, 0.25) is 0 Å². The number of Topliss-reactive ketones (excluding diaryl/α,β-unsaturated/α-hetero) is 1. The van der Waals surface area contributed by atoms with Gasteiger partial charge in [-0.2, -0.15) is 0 Å². The van der Waals surface area contributed by atoms with Crippen LogP contribution in [-0.4, -0.2) is 16.2 Å². The zero-order valence-electron chi connectivity index (χ0n) is 8.79. The number of carbonyl (C=O) groups is 1. The fourth-order valence-corrected chi connectivity index (χ4v) is 3.24. The Morgan fingerprint density at radius 3 is 2.07 bits per heavy atom. The lowest BCUT2D eigenvalue weighted by molar-refractivity contribution is -0.583. The number of rotatable bonds is 1. The van der Waals surface area contributed by atoms with Crippen LogP contribution in [0, 0.1) is 20.9 Å². The average Bonchev–Trinajstić information content (AvgIpc) is 2.34. The van der Waals surface area contributed by atoms with E-state index in [1.54, 1.807) is 0 Å². The number of carbonyl (C=O) groups excluding carboxylic acids is 1. The highest BCUT2D eigenvalue weighted by Gasteiger charge is 2.76. The van der Waals surface area contributed by atoms with Crippen molar-refractivity contribution >= 4 is 5.78 Å². The van der Waals surface area contributed by atoms with Crippen LogP contribution < -0.4 is 0 Å². The van der Waals surface area contributed by atoms with Gasteiger partial charge in [-0.15, -0.1) is 0 Å². The van der Waals surface area contributed by atoms with Gasteiger partial charge in [-0.25, -0.2) is 0 Å². The molecule has 78 valence electrons. The van der Waals surface area contributed by atoms with Crippen LogP contribution >= 0.6 is 0 Å². The van der Waals surface area contributed by atoms with Crippen molar-refractivity contribution in [3.8, 4) is 0 Å². The second-order valence-electron chi connectivity index (χ2n) is 5.35. The summed E-state index contributed by atoms with van der Waals surface area (Å²) >= 11 is 0. The molecule has 2 aliphatic carbocycles. The molecule has 2 bridgehead atoms. The van der Waals surface area contributed by atoms with Crippen molar-refractivity contribution in [1.29, 1.82) is 0 Å². The minimum absolute atomic E-state index is 0.0745. The SMILES string of the molecule is CC1(C)[C@@]2([N+](=O)[O-])CC[C@]1(C)C(=O)C2. The maximum atomic E-state index is 11.8. The van der Waals surface area contributed by atoms with Gasteiger partial charge in [0, 0.05) is 22.2 Å². The minimum atomic E-state index is -0.987. The van der Waals surface area contributed by atoms with Gasteiger partial charge in [-0.05, 0) is 6.42 Å². The fraction of sp³-hybridized carbons (Fsp3) is 0.900. The molecule has 0 radical (unpaired) electrons. The van der Waals surface area contributed by atoms with E-state index in [9.17, 15) is 14.9 Å².